The Labute approximate surface area is 98.3 Å². The van der Waals surface area contributed by atoms with Crippen molar-refractivity contribution in [1.82, 2.24) is 4.90 Å². The third kappa shape index (κ3) is 9.93. The number of aliphatic hydroxyl groups excluding tert-OH is 1. The molecule has 0 saturated heterocycles. The van der Waals surface area contributed by atoms with E-state index in [-0.39, 0.29) is 6.42 Å². The second-order valence-corrected chi connectivity index (χ2v) is 5.66. The lowest BCUT2D eigenvalue weighted by Gasteiger charge is -2.25. The molecule has 4 heteroatoms. The van der Waals surface area contributed by atoms with Crippen molar-refractivity contribution < 1.29 is 15.0 Å². The highest BCUT2D eigenvalue weighted by atomic mass is 16.4. The van der Waals surface area contributed by atoms with Crippen molar-refractivity contribution >= 4 is 5.97 Å². The van der Waals surface area contributed by atoms with Crippen LogP contribution in [0.1, 0.15) is 40.0 Å². The van der Waals surface area contributed by atoms with E-state index in [1.165, 1.54) is 0 Å². The first-order chi connectivity index (χ1) is 7.20. The Hall–Kier alpha value is -0.610. The molecule has 0 fully saturated rings. The molecule has 0 saturated carbocycles. The maximum absolute atomic E-state index is 10.3. The summed E-state index contributed by atoms with van der Waals surface area (Å²) in [7, 11) is 1.95. The van der Waals surface area contributed by atoms with Crippen LogP contribution in [0.15, 0.2) is 0 Å². The number of likely N-dealkylation sites (N-methyl/N-ethyl adjacent to an activating group) is 1. The SMILES string of the molecule is CN(CCC(C)(C)C)CC(O)CCC(=O)O. The van der Waals surface area contributed by atoms with Gasteiger partial charge < -0.3 is 15.1 Å². The number of carboxylic acids is 1. The summed E-state index contributed by atoms with van der Waals surface area (Å²) in [5.74, 6) is -0.851. The highest BCUT2D eigenvalue weighted by Gasteiger charge is 2.14. The quantitative estimate of drug-likeness (QED) is 0.698. The Morgan fingerprint density at radius 3 is 2.38 bits per heavy atom. The maximum Gasteiger partial charge on any atom is 0.303 e. The molecular formula is C12H25NO3. The van der Waals surface area contributed by atoms with Gasteiger partial charge in [-0.15, -0.1) is 0 Å². The molecular weight excluding hydrogens is 206 g/mol. The molecule has 0 aliphatic carbocycles. The third-order valence-corrected chi connectivity index (χ3v) is 2.46. The monoisotopic (exact) mass is 231 g/mol. The normalized spacial score (nSPS) is 14.1. The molecule has 96 valence electrons. The average Bonchev–Trinajstić information content (AvgIpc) is 2.10. The molecule has 0 rings (SSSR count). The minimum Gasteiger partial charge on any atom is -0.481 e. The second-order valence-electron chi connectivity index (χ2n) is 5.66. The van der Waals surface area contributed by atoms with Crippen molar-refractivity contribution in [2.45, 2.75) is 46.1 Å². The van der Waals surface area contributed by atoms with Gasteiger partial charge in [0.1, 0.15) is 0 Å². The highest BCUT2D eigenvalue weighted by Crippen LogP contribution is 2.18. The third-order valence-electron chi connectivity index (χ3n) is 2.46. The van der Waals surface area contributed by atoms with Crippen LogP contribution in [-0.4, -0.2) is 47.3 Å². The van der Waals surface area contributed by atoms with Crippen molar-refractivity contribution in [3.8, 4) is 0 Å². The minimum absolute atomic E-state index is 0.0360. The maximum atomic E-state index is 10.3. The van der Waals surface area contributed by atoms with Gasteiger partial charge in [-0.05, 0) is 31.8 Å². The van der Waals surface area contributed by atoms with Gasteiger partial charge in [0.2, 0.25) is 0 Å². The van der Waals surface area contributed by atoms with Crippen LogP contribution >= 0.6 is 0 Å². The molecule has 0 heterocycles. The fourth-order valence-electron chi connectivity index (χ4n) is 1.36. The number of rotatable bonds is 7. The highest BCUT2D eigenvalue weighted by molar-refractivity contribution is 5.66. The van der Waals surface area contributed by atoms with E-state index < -0.39 is 12.1 Å². The van der Waals surface area contributed by atoms with Crippen molar-refractivity contribution in [2.75, 3.05) is 20.1 Å². The molecule has 0 bridgehead atoms. The number of hydrogen-bond acceptors (Lipinski definition) is 3. The zero-order chi connectivity index (χ0) is 12.8. The molecule has 4 nitrogen and oxygen atoms in total. The lowest BCUT2D eigenvalue weighted by Crippen LogP contribution is -2.31. The lowest BCUT2D eigenvalue weighted by atomic mass is 9.92. The van der Waals surface area contributed by atoms with E-state index in [1.807, 2.05) is 7.05 Å². The Morgan fingerprint density at radius 2 is 1.94 bits per heavy atom. The van der Waals surface area contributed by atoms with Gasteiger partial charge in [0.25, 0.3) is 0 Å². The lowest BCUT2D eigenvalue weighted by molar-refractivity contribution is -0.137. The number of carbonyl (C=O) groups is 1. The van der Waals surface area contributed by atoms with E-state index in [1.54, 1.807) is 0 Å². The molecule has 2 N–H and O–H groups in total. The first-order valence-corrected chi connectivity index (χ1v) is 5.79. The van der Waals surface area contributed by atoms with Crippen LogP contribution in [0, 0.1) is 5.41 Å². The summed E-state index contributed by atoms with van der Waals surface area (Å²) in [6.45, 7) is 8.02. The zero-order valence-corrected chi connectivity index (χ0v) is 10.9. The second kappa shape index (κ2) is 6.86. The van der Waals surface area contributed by atoms with E-state index in [4.69, 9.17) is 5.11 Å². The summed E-state index contributed by atoms with van der Waals surface area (Å²) < 4.78 is 0. The van der Waals surface area contributed by atoms with Gasteiger partial charge in [0, 0.05) is 13.0 Å². The summed E-state index contributed by atoms with van der Waals surface area (Å²) >= 11 is 0. The molecule has 16 heavy (non-hydrogen) atoms. The van der Waals surface area contributed by atoms with E-state index in [0.717, 1.165) is 13.0 Å². The van der Waals surface area contributed by atoms with Crippen LogP contribution in [0.5, 0.6) is 0 Å². The summed E-state index contributed by atoms with van der Waals surface area (Å²) in [4.78, 5) is 12.4. The van der Waals surface area contributed by atoms with Crippen molar-refractivity contribution in [3.05, 3.63) is 0 Å². The fraction of sp³-hybridized carbons (Fsp3) is 0.917. The van der Waals surface area contributed by atoms with E-state index in [0.29, 0.717) is 18.4 Å². The summed E-state index contributed by atoms with van der Waals surface area (Å²) in [6, 6.07) is 0. The van der Waals surface area contributed by atoms with E-state index in [2.05, 4.69) is 25.7 Å². The van der Waals surface area contributed by atoms with Gasteiger partial charge in [-0.1, -0.05) is 20.8 Å². The van der Waals surface area contributed by atoms with E-state index >= 15 is 0 Å². The Balaban J connectivity index is 3.69. The topological polar surface area (TPSA) is 60.8 Å². The number of aliphatic hydroxyl groups is 1. The molecule has 0 aliphatic heterocycles. The van der Waals surface area contributed by atoms with Gasteiger partial charge in [-0.25, -0.2) is 0 Å². The molecule has 0 aromatic heterocycles. The zero-order valence-electron chi connectivity index (χ0n) is 10.9. The molecule has 0 aromatic carbocycles. The Kier molecular flexibility index (Phi) is 6.60. The minimum atomic E-state index is -0.851. The van der Waals surface area contributed by atoms with Gasteiger partial charge >= 0.3 is 5.97 Å². The molecule has 0 spiro atoms. The Morgan fingerprint density at radius 1 is 1.38 bits per heavy atom. The number of carboxylic acid groups (broad SMARTS) is 1. The van der Waals surface area contributed by atoms with Gasteiger partial charge in [-0.3, -0.25) is 4.79 Å². The number of aliphatic carboxylic acids is 1. The van der Waals surface area contributed by atoms with Crippen LogP contribution in [0.2, 0.25) is 0 Å². The van der Waals surface area contributed by atoms with Crippen molar-refractivity contribution in [2.24, 2.45) is 5.41 Å². The Bertz CT molecular complexity index is 211. The summed E-state index contributed by atoms with van der Waals surface area (Å²) in [5, 5.41) is 18.1. The number of nitrogens with zero attached hydrogens (tertiary/aromatic N) is 1. The van der Waals surface area contributed by atoms with Crippen LogP contribution in [0.25, 0.3) is 0 Å². The first-order valence-electron chi connectivity index (χ1n) is 5.79. The van der Waals surface area contributed by atoms with Gasteiger partial charge in [0.15, 0.2) is 0 Å². The average molecular weight is 231 g/mol. The summed E-state index contributed by atoms with van der Waals surface area (Å²) in [5.41, 5.74) is 0.292. The summed E-state index contributed by atoms with van der Waals surface area (Å²) in [6.07, 6.45) is 0.889. The van der Waals surface area contributed by atoms with Crippen LogP contribution in [0.4, 0.5) is 0 Å². The molecule has 0 amide bonds. The standard InChI is InChI=1S/C12H25NO3/c1-12(2,3)7-8-13(4)9-10(14)5-6-11(15)16/h10,14H,5-9H2,1-4H3,(H,15,16). The van der Waals surface area contributed by atoms with Crippen molar-refractivity contribution in [1.29, 1.82) is 0 Å². The largest absolute Gasteiger partial charge is 0.481 e. The van der Waals surface area contributed by atoms with Gasteiger partial charge in [-0.2, -0.15) is 0 Å². The molecule has 0 radical (unpaired) electrons. The fourth-order valence-corrected chi connectivity index (χ4v) is 1.36. The molecule has 0 aliphatic rings. The first kappa shape index (κ1) is 15.4. The van der Waals surface area contributed by atoms with Crippen molar-refractivity contribution in [3.63, 3.8) is 0 Å². The van der Waals surface area contributed by atoms with Crippen LogP contribution in [-0.2, 0) is 4.79 Å². The number of hydrogen-bond donors (Lipinski definition) is 2. The van der Waals surface area contributed by atoms with E-state index in [9.17, 15) is 9.90 Å². The smallest absolute Gasteiger partial charge is 0.303 e. The molecule has 1 atom stereocenters. The molecule has 1 unspecified atom stereocenters. The van der Waals surface area contributed by atoms with Crippen LogP contribution < -0.4 is 0 Å². The molecule has 0 aromatic rings. The predicted octanol–water partition coefficient (Wildman–Crippen LogP) is 1.58. The van der Waals surface area contributed by atoms with Gasteiger partial charge in [0.05, 0.1) is 6.10 Å². The van der Waals surface area contributed by atoms with Crippen LogP contribution in [0.3, 0.4) is 0 Å². The predicted molar refractivity (Wildman–Crippen MR) is 64.4 cm³/mol.